The largest absolute Gasteiger partial charge is 0.482 e. The van der Waals surface area contributed by atoms with Crippen molar-refractivity contribution in [2.75, 3.05) is 26.9 Å². The molecule has 6 aliphatic rings. The Kier molecular flexibility index (Phi) is 14.3. The summed E-state index contributed by atoms with van der Waals surface area (Å²) in [7, 11) is 1.51. The fourth-order valence-electron chi connectivity index (χ4n) is 12.7. The SMILES string of the molecule is COCC(CCO)c1c(CO)c2ccc3c(c2oc1=O)C1OC(=O)CC2CC(c4cccc(Cc5ccccc5)c4)C=CC2c2ccc(cc2)CCC(=C(C)CO)C(=O)OC1C1(CC=CC2CCCC21)O3. The van der Waals surface area contributed by atoms with Gasteiger partial charge in [-0.3, -0.25) is 4.79 Å². The van der Waals surface area contributed by atoms with Gasteiger partial charge in [0.15, 0.2) is 17.8 Å². The van der Waals surface area contributed by atoms with Crippen molar-refractivity contribution in [2.45, 2.75) is 113 Å². The van der Waals surface area contributed by atoms with Crippen LogP contribution in [0.5, 0.6) is 5.75 Å². The van der Waals surface area contributed by atoms with Crippen LogP contribution in [-0.4, -0.2) is 65.9 Å². The number of carbonyl (C=O) groups is 2. The summed E-state index contributed by atoms with van der Waals surface area (Å²) >= 11 is 0. The number of fused-ring (bicyclic) bond motifs is 13. The zero-order valence-corrected chi connectivity index (χ0v) is 40.6. The Labute approximate surface area is 414 Å². The molecule has 3 aliphatic carbocycles. The Morgan fingerprint density at radius 3 is 2.45 bits per heavy atom. The van der Waals surface area contributed by atoms with Crippen LogP contribution in [-0.2, 0) is 43.2 Å². The lowest BCUT2D eigenvalue weighted by Gasteiger charge is -2.52. The number of methoxy groups -OCH3 is 1. The molecule has 0 amide bonds. The van der Waals surface area contributed by atoms with E-state index in [1.807, 2.05) is 6.07 Å². The Hall–Kier alpha value is -6.11. The van der Waals surface area contributed by atoms with Crippen molar-refractivity contribution in [3.8, 4) is 5.75 Å². The first-order valence-electron chi connectivity index (χ1n) is 25.4. The summed E-state index contributed by atoms with van der Waals surface area (Å²) < 4.78 is 32.8. The van der Waals surface area contributed by atoms with Crippen LogP contribution in [0.3, 0.4) is 0 Å². The van der Waals surface area contributed by atoms with Gasteiger partial charge >= 0.3 is 17.6 Å². The van der Waals surface area contributed by atoms with E-state index in [1.54, 1.807) is 19.1 Å². The quantitative estimate of drug-likeness (QED) is 0.0529. The first-order valence-corrected chi connectivity index (χ1v) is 25.4. The molecule has 3 N–H and O–H groups in total. The van der Waals surface area contributed by atoms with Crippen LogP contribution in [0.1, 0.15) is 127 Å². The van der Waals surface area contributed by atoms with E-state index >= 15 is 9.59 Å². The summed E-state index contributed by atoms with van der Waals surface area (Å²) in [5, 5.41) is 32.0. The summed E-state index contributed by atoms with van der Waals surface area (Å²) in [5.41, 5.74) is 5.32. The normalized spacial score (nSPS) is 27.3. The number of aryl methyl sites for hydroxylation is 1. The van der Waals surface area contributed by atoms with Gasteiger partial charge in [0.05, 0.1) is 25.4 Å². The van der Waals surface area contributed by atoms with Crippen LogP contribution in [0.15, 0.2) is 136 Å². The summed E-state index contributed by atoms with van der Waals surface area (Å²) in [6.45, 7) is 0.695. The molecule has 4 heterocycles. The molecule has 1 aromatic heterocycles. The van der Waals surface area contributed by atoms with Crippen molar-refractivity contribution >= 4 is 22.9 Å². The summed E-state index contributed by atoms with van der Waals surface area (Å²) in [5.74, 6) is -1.71. The van der Waals surface area contributed by atoms with Gasteiger partial charge in [-0.05, 0) is 115 Å². The fraction of sp³-hybridized carbons (Fsp3) is 0.417. The molecular weight excluding hydrogens is 897 g/mol. The molecule has 0 saturated heterocycles. The van der Waals surface area contributed by atoms with Gasteiger partial charge in [0, 0.05) is 66.8 Å². The molecule has 4 aromatic carbocycles. The average molecular weight is 961 g/mol. The maximum absolute atomic E-state index is 15.3. The summed E-state index contributed by atoms with van der Waals surface area (Å²) in [6, 6.07) is 31.0. The minimum Gasteiger partial charge on any atom is -0.482 e. The lowest BCUT2D eigenvalue weighted by atomic mass is 9.67. The standard InChI is InChI=1S/C60H64O11/c1-36(33-62)46-22-18-37-16-19-40(20-17-37)47-23-21-43(42-13-6-11-39(30-42)29-38-9-4-3-5-10-38)31-45(47)32-52(64)68-56-54-51(71-60(57(56)70-58(46)65)27-8-14-41-12-7-15-50(41)60)25-24-48-49(34-63)53(59(66)69-55(48)54)44(26-28-61)35-67-2/h3-6,8-11,13-14,16-17,19-21,23-25,30,41,43-45,47,50,56-57,61-63H,7,12,15,18,22,26-29,31-35H2,1-2H3. The number of hydrogen-bond donors (Lipinski definition) is 3. The van der Waals surface area contributed by atoms with Gasteiger partial charge in [0.2, 0.25) is 0 Å². The fourth-order valence-corrected chi connectivity index (χ4v) is 12.7. The zero-order chi connectivity index (χ0) is 49.2. The van der Waals surface area contributed by atoms with E-state index in [4.69, 9.17) is 23.4 Å². The van der Waals surface area contributed by atoms with Crippen LogP contribution in [0.2, 0.25) is 0 Å². The highest BCUT2D eigenvalue weighted by molar-refractivity contribution is 5.90. The van der Waals surface area contributed by atoms with Gasteiger partial charge in [-0.15, -0.1) is 0 Å². The second-order valence-electron chi connectivity index (χ2n) is 20.4. The topological polar surface area (TPSA) is 162 Å². The zero-order valence-electron chi connectivity index (χ0n) is 40.6. The number of hydrogen-bond acceptors (Lipinski definition) is 11. The van der Waals surface area contributed by atoms with Crippen LogP contribution in [0.4, 0.5) is 0 Å². The first-order chi connectivity index (χ1) is 34.6. The van der Waals surface area contributed by atoms with Crippen molar-refractivity contribution in [1.82, 2.24) is 0 Å². The van der Waals surface area contributed by atoms with Crippen molar-refractivity contribution in [2.24, 2.45) is 17.8 Å². The van der Waals surface area contributed by atoms with Gasteiger partial charge in [0.25, 0.3) is 0 Å². The summed E-state index contributed by atoms with van der Waals surface area (Å²) in [4.78, 5) is 44.7. The molecule has 5 aromatic rings. The van der Waals surface area contributed by atoms with Gasteiger partial charge in [0.1, 0.15) is 11.3 Å². The van der Waals surface area contributed by atoms with Gasteiger partial charge < -0.3 is 38.7 Å². The third kappa shape index (κ3) is 9.45. The molecule has 0 radical (unpaired) electrons. The second-order valence-corrected chi connectivity index (χ2v) is 20.4. The first kappa shape index (κ1) is 48.5. The van der Waals surface area contributed by atoms with Crippen LogP contribution in [0, 0.1) is 17.8 Å². The van der Waals surface area contributed by atoms with Gasteiger partial charge in [-0.1, -0.05) is 110 Å². The molecule has 11 nitrogen and oxygen atoms in total. The lowest BCUT2D eigenvalue weighted by Crippen LogP contribution is -2.61. The summed E-state index contributed by atoms with van der Waals surface area (Å²) in [6.07, 6.45) is 11.7. The van der Waals surface area contributed by atoms with Crippen LogP contribution < -0.4 is 10.4 Å². The Balaban J connectivity index is 1.12. The van der Waals surface area contributed by atoms with Gasteiger partial charge in [-0.25, -0.2) is 9.59 Å². The molecule has 11 rings (SSSR count). The van der Waals surface area contributed by atoms with Crippen molar-refractivity contribution < 1.29 is 48.3 Å². The Bertz CT molecular complexity index is 2910. The van der Waals surface area contributed by atoms with Crippen molar-refractivity contribution in [1.29, 1.82) is 0 Å². The molecule has 1 fully saturated rings. The average Bonchev–Trinajstić information content (AvgIpc) is 3.88. The highest BCUT2D eigenvalue weighted by Gasteiger charge is 2.61. The number of ether oxygens (including phenoxy) is 4. The maximum Gasteiger partial charge on any atom is 0.340 e. The number of benzene rings is 4. The molecule has 1 spiro atoms. The molecule has 9 atom stereocenters. The van der Waals surface area contributed by atoms with Crippen LogP contribution in [0.25, 0.3) is 11.0 Å². The van der Waals surface area contributed by atoms with E-state index in [0.717, 1.165) is 36.8 Å². The molecule has 9 unspecified atom stereocenters. The number of esters is 2. The number of allylic oxidation sites excluding steroid dienone is 3. The number of aliphatic hydroxyl groups is 3. The molecule has 370 valence electrons. The highest BCUT2D eigenvalue weighted by Crippen LogP contribution is 2.57. The van der Waals surface area contributed by atoms with E-state index in [-0.39, 0.29) is 85.4 Å². The molecule has 71 heavy (non-hydrogen) atoms. The van der Waals surface area contributed by atoms with Crippen LogP contribution >= 0.6 is 0 Å². The monoisotopic (exact) mass is 960 g/mol. The molecule has 2 bridgehead atoms. The maximum atomic E-state index is 15.3. The Morgan fingerprint density at radius 1 is 0.859 bits per heavy atom. The van der Waals surface area contributed by atoms with E-state index < -0.39 is 47.9 Å². The smallest absolute Gasteiger partial charge is 0.340 e. The predicted octanol–water partition coefficient (Wildman–Crippen LogP) is 9.78. The third-order valence-corrected chi connectivity index (χ3v) is 16.2. The van der Waals surface area contributed by atoms with E-state index in [2.05, 4.69) is 97.1 Å². The minimum absolute atomic E-state index is 0.0239. The number of aliphatic hydroxyl groups excluding tert-OH is 3. The van der Waals surface area contributed by atoms with Crippen molar-refractivity contribution in [3.63, 3.8) is 0 Å². The van der Waals surface area contributed by atoms with Gasteiger partial charge in [-0.2, -0.15) is 0 Å². The molecule has 1 saturated carbocycles. The number of rotatable bonds is 10. The highest BCUT2D eigenvalue weighted by atomic mass is 16.6. The second kappa shape index (κ2) is 20.9. The predicted molar refractivity (Wildman–Crippen MR) is 269 cm³/mol. The molecule has 11 heteroatoms. The van der Waals surface area contributed by atoms with E-state index in [0.29, 0.717) is 47.1 Å². The van der Waals surface area contributed by atoms with E-state index in [9.17, 15) is 20.1 Å². The van der Waals surface area contributed by atoms with Crippen molar-refractivity contribution in [3.05, 3.63) is 181 Å². The molecular formula is C60H64O11. The Morgan fingerprint density at radius 2 is 1.68 bits per heavy atom. The third-order valence-electron chi connectivity index (χ3n) is 16.2. The van der Waals surface area contributed by atoms with E-state index in [1.165, 1.54) is 23.8 Å². The number of carbonyl (C=O) groups excluding carboxylic acids is 2. The molecule has 3 aliphatic heterocycles. The lowest BCUT2D eigenvalue weighted by molar-refractivity contribution is -0.205. The minimum atomic E-state index is -1.32.